The molecule has 24 heavy (non-hydrogen) atoms. The molecule has 0 saturated carbocycles. The molecule has 0 unspecified atom stereocenters. The van der Waals surface area contributed by atoms with E-state index in [4.69, 9.17) is 16.3 Å². The van der Waals surface area contributed by atoms with Gasteiger partial charge in [0.1, 0.15) is 18.0 Å². The third-order valence-corrected chi connectivity index (χ3v) is 3.92. The van der Waals surface area contributed by atoms with E-state index in [0.717, 1.165) is 25.3 Å². The first-order chi connectivity index (χ1) is 11.6. The number of hydrogen-bond donors (Lipinski definition) is 1. The summed E-state index contributed by atoms with van der Waals surface area (Å²) in [5, 5.41) is 3.77. The molecule has 1 aromatic carbocycles. The quantitative estimate of drug-likeness (QED) is 0.732. The molecule has 6 heteroatoms. The van der Waals surface area contributed by atoms with Crippen molar-refractivity contribution in [3.8, 4) is 0 Å². The summed E-state index contributed by atoms with van der Waals surface area (Å²) < 4.78 is 5.38. The number of hydrogen-bond acceptors (Lipinski definition) is 5. The molecule has 0 amide bonds. The Balaban J connectivity index is 2.02. The number of ether oxygens (including phenoxy) is 1. The Kier molecular flexibility index (Phi) is 7.03. The van der Waals surface area contributed by atoms with E-state index in [2.05, 4.69) is 29.0 Å². The molecule has 2 rings (SSSR count). The van der Waals surface area contributed by atoms with E-state index in [9.17, 15) is 4.79 Å². The van der Waals surface area contributed by atoms with Crippen LogP contribution in [-0.2, 0) is 4.74 Å². The first kappa shape index (κ1) is 18.2. The molecule has 0 aliphatic heterocycles. The minimum Gasteiger partial charge on any atom is -0.461 e. The normalized spacial score (nSPS) is 10.7. The molecule has 2 aromatic rings. The number of benzene rings is 1. The van der Waals surface area contributed by atoms with E-state index in [0.29, 0.717) is 23.0 Å². The second-order valence-corrected chi connectivity index (χ2v) is 5.63. The Bertz CT molecular complexity index is 658. The molecule has 1 heterocycles. The predicted molar refractivity (Wildman–Crippen MR) is 97.0 cm³/mol. The van der Waals surface area contributed by atoms with E-state index in [-0.39, 0.29) is 5.97 Å². The number of likely N-dealkylation sites (N-methyl/N-ethyl adjacent to an activating group) is 1. The molecule has 5 nitrogen and oxygen atoms in total. The summed E-state index contributed by atoms with van der Waals surface area (Å²) >= 11 is 5.88. The Morgan fingerprint density at radius 1 is 1.21 bits per heavy atom. The topological polar surface area (TPSA) is 54.5 Å². The van der Waals surface area contributed by atoms with Gasteiger partial charge in [0.05, 0.1) is 0 Å². The molecule has 0 saturated heterocycles. The molecule has 0 radical (unpaired) electrons. The van der Waals surface area contributed by atoms with Crippen molar-refractivity contribution in [1.82, 2.24) is 9.88 Å². The van der Waals surface area contributed by atoms with Crippen molar-refractivity contribution in [1.29, 1.82) is 0 Å². The third-order valence-electron chi connectivity index (χ3n) is 3.67. The van der Waals surface area contributed by atoms with Crippen LogP contribution in [0.1, 0.15) is 24.2 Å². The van der Waals surface area contributed by atoms with Gasteiger partial charge in [0.2, 0.25) is 0 Å². The zero-order valence-corrected chi connectivity index (χ0v) is 14.7. The van der Waals surface area contributed by atoms with Gasteiger partial charge >= 0.3 is 5.97 Å². The van der Waals surface area contributed by atoms with Gasteiger partial charge in [0, 0.05) is 23.5 Å². The van der Waals surface area contributed by atoms with E-state index in [1.807, 2.05) is 12.1 Å². The van der Waals surface area contributed by atoms with Gasteiger partial charge < -0.3 is 15.0 Å². The maximum absolute atomic E-state index is 12.3. The molecular weight excluding hydrogens is 326 g/mol. The number of nitrogens with one attached hydrogen (secondary N) is 1. The number of carbonyl (C=O) groups is 1. The number of halogens is 1. The summed E-state index contributed by atoms with van der Waals surface area (Å²) in [6.07, 6.45) is 1.63. The van der Waals surface area contributed by atoms with Gasteiger partial charge in [-0.05, 0) is 49.5 Å². The second kappa shape index (κ2) is 9.25. The number of nitrogens with zero attached hydrogens (tertiary/aromatic N) is 2. The number of aromatic nitrogens is 1. The largest absolute Gasteiger partial charge is 0.461 e. The van der Waals surface area contributed by atoms with Crippen LogP contribution in [0, 0.1) is 0 Å². The Labute approximate surface area is 147 Å². The lowest BCUT2D eigenvalue weighted by Gasteiger charge is -2.17. The Hall–Kier alpha value is -2.11. The number of esters is 1. The van der Waals surface area contributed by atoms with Crippen LogP contribution < -0.4 is 5.32 Å². The molecule has 0 atom stereocenters. The minimum absolute atomic E-state index is 0.357. The molecule has 1 aromatic heterocycles. The van der Waals surface area contributed by atoms with Crippen molar-refractivity contribution < 1.29 is 9.53 Å². The fourth-order valence-electron chi connectivity index (χ4n) is 2.22. The third kappa shape index (κ3) is 5.22. The van der Waals surface area contributed by atoms with Gasteiger partial charge in [0.15, 0.2) is 0 Å². The first-order valence-electron chi connectivity index (χ1n) is 8.01. The highest BCUT2D eigenvalue weighted by Gasteiger charge is 2.14. The van der Waals surface area contributed by atoms with Crippen molar-refractivity contribution >= 4 is 29.1 Å². The summed E-state index contributed by atoms with van der Waals surface area (Å²) in [7, 11) is 0. The summed E-state index contributed by atoms with van der Waals surface area (Å²) in [5.74, 6) is 0.0828. The number of anilines is 2. The van der Waals surface area contributed by atoms with Crippen LogP contribution >= 0.6 is 11.6 Å². The first-order valence-corrected chi connectivity index (χ1v) is 8.39. The van der Waals surface area contributed by atoms with Crippen molar-refractivity contribution in [2.45, 2.75) is 13.8 Å². The smallest absolute Gasteiger partial charge is 0.341 e. The molecule has 0 bridgehead atoms. The van der Waals surface area contributed by atoms with Crippen LogP contribution in [0.4, 0.5) is 11.5 Å². The number of rotatable bonds is 8. The summed E-state index contributed by atoms with van der Waals surface area (Å²) in [6.45, 7) is 7.12. The van der Waals surface area contributed by atoms with Gasteiger partial charge in [-0.25, -0.2) is 9.78 Å². The zero-order valence-electron chi connectivity index (χ0n) is 14.0. The zero-order chi connectivity index (χ0) is 17.4. The van der Waals surface area contributed by atoms with Crippen molar-refractivity contribution in [2.75, 3.05) is 31.6 Å². The molecule has 0 aliphatic rings. The van der Waals surface area contributed by atoms with Crippen LogP contribution in [0.5, 0.6) is 0 Å². The highest BCUT2D eigenvalue weighted by atomic mass is 35.5. The van der Waals surface area contributed by atoms with Crippen LogP contribution in [0.25, 0.3) is 0 Å². The van der Waals surface area contributed by atoms with E-state index in [1.54, 1.807) is 30.5 Å². The minimum atomic E-state index is -0.383. The fraction of sp³-hybridized carbons (Fsp3) is 0.333. The average Bonchev–Trinajstić information content (AvgIpc) is 2.61. The highest BCUT2D eigenvalue weighted by Crippen LogP contribution is 2.20. The highest BCUT2D eigenvalue weighted by molar-refractivity contribution is 6.30. The summed E-state index contributed by atoms with van der Waals surface area (Å²) in [5.41, 5.74) is 1.21. The summed E-state index contributed by atoms with van der Waals surface area (Å²) in [4.78, 5) is 18.8. The van der Waals surface area contributed by atoms with E-state index >= 15 is 0 Å². The number of carbonyl (C=O) groups excluding carboxylic acids is 1. The van der Waals surface area contributed by atoms with E-state index in [1.165, 1.54) is 0 Å². The lowest BCUT2D eigenvalue weighted by molar-refractivity contribution is 0.0467. The molecule has 0 fully saturated rings. The molecular formula is C18H22ClN3O2. The van der Waals surface area contributed by atoms with Crippen LogP contribution in [0.2, 0.25) is 5.02 Å². The van der Waals surface area contributed by atoms with Gasteiger partial charge in [0.25, 0.3) is 0 Å². The molecule has 128 valence electrons. The fourth-order valence-corrected chi connectivity index (χ4v) is 2.35. The Morgan fingerprint density at radius 2 is 1.92 bits per heavy atom. The predicted octanol–water partition coefficient (Wildman–Crippen LogP) is 3.98. The van der Waals surface area contributed by atoms with Crippen molar-refractivity contribution in [3.63, 3.8) is 0 Å². The number of pyridine rings is 1. The maximum atomic E-state index is 12.3. The van der Waals surface area contributed by atoms with Crippen LogP contribution in [-0.4, -0.2) is 42.1 Å². The van der Waals surface area contributed by atoms with Crippen LogP contribution in [0.15, 0.2) is 42.6 Å². The van der Waals surface area contributed by atoms with Crippen molar-refractivity contribution in [2.24, 2.45) is 0 Å². The monoisotopic (exact) mass is 347 g/mol. The van der Waals surface area contributed by atoms with Gasteiger partial charge in [-0.1, -0.05) is 25.4 Å². The molecule has 1 N–H and O–H groups in total. The van der Waals surface area contributed by atoms with E-state index < -0.39 is 0 Å². The van der Waals surface area contributed by atoms with Crippen LogP contribution in [0.3, 0.4) is 0 Å². The van der Waals surface area contributed by atoms with Crippen molar-refractivity contribution in [3.05, 3.63) is 53.2 Å². The lowest BCUT2D eigenvalue weighted by atomic mass is 10.2. The maximum Gasteiger partial charge on any atom is 0.341 e. The second-order valence-electron chi connectivity index (χ2n) is 5.19. The van der Waals surface area contributed by atoms with Gasteiger partial charge in [-0.15, -0.1) is 0 Å². The standard InChI is InChI=1S/C18H22ClN3O2/c1-3-22(4-2)12-13-24-18(23)16-6-5-11-20-17(16)21-15-9-7-14(19)8-10-15/h5-11H,3-4,12-13H2,1-2H3,(H,20,21). The lowest BCUT2D eigenvalue weighted by Crippen LogP contribution is -2.28. The SMILES string of the molecule is CCN(CC)CCOC(=O)c1cccnc1Nc1ccc(Cl)cc1. The molecule has 0 aliphatic carbocycles. The van der Waals surface area contributed by atoms with Gasteiger partial charge in [-0.3, -0.25) is 0 Å². The average molecular weight is 348 g/mol. The molecule has 0 spiro atoms. The Morgan fingerprint density at radius 3 is 2.58 bits per heavy atom. The van der Waals surface area contributed by atoms with Gasteiger partial charge in [-0.2, -0.15) is 0 Å². The summed E-state index contributed by atoms with van der Waals surface area (Å²) in [6, 6.07) is 10.6.